The molecule has 0 saturated heterocycles. The minimum Gasteiger partial charge on any atom is -0.368 e. The Hall–Kier alpha value is -7.41. The Morgan fingerprint density at radius 2 is 0.949 bits per heavy atom. The fraction of sp³-hybridized carbons (Fsp3) is 0.0189. The van der Waals surface area contributed by atoms with Crippen LogP contribution in [-0.4, -0.2) is 14.5 Å². The first kappa shape index (κ1) is 34.8. The fourth-order valence-electron chi connectivity index (χ4n) is 8.18. The summed E-state index contributed by atoms with van der Waals surface area (Å²) in [7, 11) is 0. The van der Waals surface area contributed by atoms with E-state index in [1.54, 1.807) is 0 Å². The van der Waals surface area contributed by atoms with E-state index in [-0.39, 0.29) is 5.37 Å². The van der Waals surface area contributed by atoms with Gasteiger partial charge in [0.15, 0.2) is 0 Å². The van der Waals surface area contributed by atoms with E-state index < -0.39 is 0 Å². The Balaban J connectivity index is 1.08. The predicted molar refractivity (Wildman–Crippen MR) is 246 cm³/mol. The van der Waals surface area contributed by atoms with Gasteiger partial charge in [0, 0.05) is 43.9 Å². The molecule has 2 aromatic heterocycles. The number of rotatable bonds is 8. The lowest BCUT2D eigenvalue weighted by molar-refractivity contribution is 0.995. The van der Waals surface area contributed by atoms with Crippen molar-refractivity contribution in [1.82, 2.24) is 14.5 Å². The molecule has 1 aliphatic rings. The van der Waals surface area contributed by atoms with E-state index >= 15 is 0 Å². The zero-order valence-corrected chi connectivity index (χ0v) is 32.8. The van der Waals surface area contributed by atoms with E-state index in [1.807, 2.05) is 23.9 Å². The number of nitrogens with one attached hydrogen (secondary N) is 1. The maximum atomic E-state index is 5.31. The van der Waals surface area contributed by atoms with Crippen LogP contribution >= 0.6 is 11.8 Å². The number of fused-ring (bicyclic) bond motifs is 4. The Labute approximate surface area is 347 Å². The molecule has 3 heterocycles. The molecule has 8 aromatic carbocycles. The first-order valence-corrected chi connectivity index (χ1v) is 20.7. The molecule has 59 heavy (non-hydrogen) atoms. The molecule has 280 valence electrons. The second kappa shape index (κ2) is 14.8. The van der Waals surface area contributed by atoms with Crippen molar-refractivity contribution in [2.24, 2.45) is 0 Å². The van der Waals surface area contributed by atoms with Crippen molar-refractivity contribution in [2.75, 3.05) is 10.2 Å². The van der Waals surface area contributed by atoms with Crippen molar-refractivity contribution in [3.63, 3.8) is 0 Å². The summed E-state index contributed by atoms with van der Waals surface area (Å²) in [6, 6.07) is 74.9. The zero-order valence-electron chi connectivity index (χ0n) is 32.0. The zero-order chi connectivity index (χ0) is 39.1. The van der Waals surface area contributed by atoms with Gasteiger partial charge in [-0.25, -0.2) is 9.97 Å². The quantitative estimate of drug-likeness (QED) is 0.167. The molecule has 0 fully saturated rings. The predicted octanol–water partition coefficient (Wildman–Crippen LogP) is 14.3. The molecule has 0 aliphatic carbocycles. The molecule has 0 radical (unpaired) electrons. The van der Waals surface area contributed by atoms with Crippen LogP contribution in [0.15, 0.2) is 217 Å². The third-order valence-electron chi connectivity index (χ3n) is 11.0. The summed E-state index contributed by atoms with van der Waals surface area (Å²) < 4.78 is 2.25. The van der Waals surface area contributed by atoms with Crippen molar-refractivity contribution < 1.29 is 0 Å². The van der Waals surface area contributed by atoms with Gasteiger partial charge in [-0.3, -0.25) is 4.57 Å². The fourth-order valence-corrected chi connectivity index (χ4v) is 9.34. The van der Waals surface area contributed by atoms with Crippen molar-refractivity contribution >= 4 is 56.3 Å². The molecule has 0 saturated carbocycles. The summed E-state index contributed by atoms with van der Waals surface area (Å²) in [5, 5.41) is 6.26. The number of anilines is 4. The van der Waals surface area contributed by atoms with Gasteiger partial charge in [-0.15, -0.1) is 0 Å². The van der Waals surface area contributed by atoms with E-state index in [0.29, 0.717) is 5.95 Å². The standard InChI is InChI=1S/C53H37N5S/c1-6-16-37(17-7-1)46-34-47(38-18-8-2-9-19-38)56-53(55-46)58-49-31-28-40(32-44(49)45-33-51-48(35-50(45)58)54-52(59-51)39-20-10-3-11-21-39)36-26-29-43(30-27-36)57(41-22-12-4-13-23-41)42-24-14-5-15-25-42/h1-35,52,54H. The minimum absolute atomic E-state index is 0.125. The van der Waals surface area contributed by atoms with Crippen molar-refractivity contribution in [1.29, 1.82) is 0 Å². The molecule has 5 nitrogen and oxygen atoms in total. The molecule has 1 unspecified atom stereocenters. The highest BCUT2D eigenvalue weighted by molar-refractivity contribution is 8.00. The normalized spacial score (nSPS) is 13.3. The lowest BCUT2D eigenvalue weighted by Gasteiger charge is -2.25. The minimum atomic E-state index is 0.125. The Morgan fingerprint density at radius 3 is 1.54 bits per heavy atom. The first-order valence-electron chi connectivity index (χ1n) is 19.8. The van der Waals surface area contributed by atoms with Crippen LogP contribution in [-0.2, 0) is 0 Å². The monoisotopic (exact) mass is 775 g/mol. The smallest absolute Gasteiger partial charge is 0.235 e. The van der Waals surface area contributed by atoms with E-state index in [2.05, 4.69) is 215 Å². The van der Waals surface area contributed by atoms with Gasteiger partial charge in [0.05, 0.1) is 28.1 Å². The Bertz CT molecular complexity index is 2980. The van der Waals surface area contributed by atoms with Crippen molar-refractivity contribution in [2.45, 2.75) is 10.3 Å². The largest absolute Gasteiger partial charge is 0.368 e. The summed E-state index contributed by atoms with van der Waals surface area (Å²) in [6.45, 7) is 0. The molecular formula is C53H37N5S. The number of hydrogen-bond donors (Lipinski definition) is 1. The lowest BCUT2D eigenvalue weighted by Crippen LogP contribution is -2.09. The van der Waals surface area contributed by atoms with Gasteiger partial charge in [0.2, 0.25) is 5.95 Å². The van der Waals surface area contributed by atoms with Gasteiger partial charge in [-0.1, -0.05) is 157 Å². The number of aromatic nitrogens is 3. The topological polar surface area (TPSA) is 46.0 Å². The molecular weight excluding hydrogens is 739 g/mol. The number of hydrogen-bond acceptors (Lipinski definition) is 5. The van der Waals surface area contributed by atoms with Crippen LogP contribution < -0.4 is 10.2 Å². The molecule has 1 atom stereocenters. The Morgan fingerprint density at radius 1 is 0.441 bits per heavy atom. The molecule has 0 amide bonds. The summed E-state index contributed by atoms with van der Waals surface area (Å²) in [6.07, 6.45) is 0. The van der Waals surface area contributed by atoms with E-state index in [4.69, 9.17) is 9.97 Å². The summed E-state index contributed by atoms with van der Waals surface area (Å²) in [4.78, 5) is 14.1. The van der Waals surface area contributed by atoms with Gasteiger partial charge in [0.25, 0.3) is 0 Å². The van der Waals surface area contributed by atoms with Gasteiger partial charge < -0.3 is 10.2 Å². The average Bonchev–Trinajstić information content (AvgIpc) is 3.88. The van der Waals surface area contributed by atoms with E-state index in [1.165, 1.54) is 10.5 Å². The van der Waals surface area contributed by atoms with Crippen LogP contribution in [0, 0.1) is 0 Å². The highest BCUT2D eigenvalue weighted by atomic mass is 32.2. The highest BCUT2D eigenvalue weighted by Crippen LogP contribution is 2.50. The van der Waals surface area contributed by atoms with Crippen molar-refractivity contribution in [3.05, 3.63) is 218 Å². The maximum absolute atomic E-state index is 5.31. The lowest BCUT2D eigenvalue weighted by atomic mass is 10.0. The van der Waals surface area contributed by atoms with Crippen LogP contribution in [0.2, 0.25) is 0 Å². The highest BCUT2D eigenvalue weighted by Gasteiger charge is 2.26. The average molecular weight is 776 g/mol. The van der Waals surface area contributed by atoms with Crippen LogP contribution in [0.5, 0.6) is 0 Å². The van der Waals surface area contributed by atoms with Gasteiger partial charge in [-0.05, 0) is 83.4 Å². The summed E-state index contributed by atoms with van der Waals surface area (Å²) >= 11 is 1.86. The summed E-state index contributed by atoms with van der Waals surface area (Å²) in [5.74, 6) is 0.634. The van der Waals surface area contributed by atoms with E-state index in [9.17, 15) is 0 Å². The molecule has 1 N–H and O–H groups in total. The van der Waals surface area contributed by atoms with Crippen molar-refractivity contribution in [3.8, 4) is 39.6 Å². The third kappa shape index (κ3) is 6.50. The Kier molecular flexibility index (Phi) is 8.75. The van der Waals surface area contributed by atoms with E-state index in [0.717, 1.165) is 78.2 Å². The summed E-state index contributed by atoms with van der Waals surface area (Å²) in [5.41, 5.74) is 13.9. The number of benzene rings is 8. The molecule has 1 aliphatic heterocycles. The van der Waals surface area contributed by atoms with Crippen LogP contribution in [0.25, 0.3) is 61.4 Å². The van der Waals surface area contributed by atoms with Gasteiger partial charge in [0.1, 0.15) is 5.37 Å². The number of thioether (sulfide) groups is 1. The van der Waals surface area contributed by atoms with Gasteiger partial charge >= 0.3 is 0 Å². The maximum Gasteiger partial charge on any atom is 0.235 e. The molecule has 6 heteroatoms. The number of nitrogens with zero attached hydrogens (tertiary/aromatic N) is 4. The van der Waals surface area contributed by atoms with Crippen LogP contribution in [0.1, 0.15) is 10.9 Å². The molecule has 0 spiro atoms. The SMILES string of the molecule is c1ccc(-c2cc(-c3ccccc3)nc(-n3c4ccc(-c5ccc(N(c6ccccc6)c6ccccc6)cc5)cc4c4cc5c(cc43)NC(c3ccccc3)S5)n2)cc1. The molecule has 0 bridgehead atoms. The first-order chi connectivity index (χ1) is 29.2. The second-order valence-electron chi connectivity index (χ2n) is 14.7. The van der Waals surface area contributed by atoms with Crippen LogP contribution in [0.3, 0.4) is 0 Å². The van der Waals surface area contributed by atoms with Crippen LogP contribution in [0.4, 0.5) is 22.7 Å². The third-order valence-corrected chi connectivity index (χ3v) is 12.3. The molecule has 10 aromatic rings. The number of para-hydroxylation sites is 2. The molecule has 11 rings (SSSR count). The van der Waals surface area contributed by atoms with Gasteiger partial charge in [-0.2, -0.15) is 0 Å². The second-order valence-corrected chi connectivity index (χ2v) is 15.9.